The zero-order chi connectivity index (χ0) is 28.2. The maximum Gasteiger partial charge on any atom is 0.343 e. The van der Waals surface area contributed by atoms with Crippen LogP contribution >= 0.6 is 0 Å². The van der Waals surface area contributed by atoms with Crippen LogP contribution in [-0.4, -0.2) is 22.1 Å². The van der Waals surface area contributed by atoms with E-state index >= 15 is 0 Å². The van der Waals surface area contributed by atoms with E-state index in [1.54, 1.807) is 72.8 Å². The highest BCUT2D eigenvalue weighted by molar-refractivity contribution is 5.91. The fraction of sp³-hybridized carbons (Fsp3) is 0.133. The fourth-order valence-electron chi connectivity index (χ4n) is 3.16. The van der Waals surface area contributed by atoms with Crippen molar-refractivity contribution in [2.45, 2.75) is 27.1 Å². The van der Waals surface area contributed by atoms with Crippen molar-refractivity contribution in [3.8, 4) is 11.5 Å². The van der Waals surface area contributed by atoms with Gasteiger partial charge in [0.1, 0.15) is 18.1 Å². The molecule has 39 heavy (non-hydrogen) atoms. The number of nitrogens with zero attached hydrogens (tertiary/aromatic N) is 1. The Labute approximate surface area is 225 Å². The van der Waals surface area contributed by atoms with Crippen LogP contribution < -0.4 is 9.47 Å². The zero-order valence-corrected chi connectivity index (χ0v) is 21.4. The third-order valence-corrected chi connectivity index (χ3v) is 5.36. The number of esters is 2. The van der Waals surface area contributed by atoms with Gasteiger partial charge < -0.3 is 19.4 Å². The Bertz CT molecular complexity index is 1380. The molecular formula is C30H27NO8. The van der Waals surface area contributed by atoms with Gasteiger partial charge in [0.05, 0.1) is 17.7 Å². The Kier molecular flexibility index (Phi) is 10.3. The standard InChI is InChI=1S/C15H13NO5.C15H14O3/c1-11-2-6-13(7-3-11)15(17)21-14-8-4-12(5-9-14)10-20-16(18)19;1-11-2-6-13(7-3-11)15(17)18-14-8-4-12(10-16)5-9-14/h2-9H,10H2,1H3;2-9,16H,10H2,1H3. The Balaban J connectivity index is 0.000000218. The third-order valence-electron chi connectivity index (χ3n) is 5.36. The van der Waals surface area contributed by atoms with Crippen LogP contribution in [0.25, 0.3) is 0 Å². The lowest BCUT2D eigenvalue weighted by molar-refractivity contribution is -0.763. The van der Waals surface area contributed by atoms with E-state index in [1.165, 1.54) is 0 Å². The van der Waals surface area contributed by atoms with Crippen LogP contribution in [-0.2, 0) is 18.1 Å². The molecule has 0 amide bonds. The van der Waals surface area contributed by atoms with E-state index in [2.05, 4.69) is 4.84 Å². The first-order valence-electron chi connectivity index (χ1n) is 11.9. The predicted octanol–water partition coefficient (Wildman–Crippen LogP) is 5.63. The summed E-state index contributed by atoms with van der Waals surface area (Å²) in [5.74, 6) is -0.000701. The number of carbonyl (C=O) groups excluding carboxylic acids is 2. The smallest absolute Gasteiger partial charge is 0.343 e. The molecule has 0 radical (unpaired) electrons. The van der Waals surface area contributed by atoms with Gasteiger partial charge in [0.2, 0.25) is 0 Å². The molecule has 0 atom stereocenters. The summed E-state index contributed by atoms with van der Waals surface area (Å²) < 4.78 is 10.4. The average Bonchev–Trinajstić information content (AvgIpc) is 2.94. The SMILES string of the molecule is Cc1ccc(C(=O)Oc2ccc(CO)cc2)cc1.Cc1ccc(C(=O)Oc2ccc(CO[N+](=O)[O-])cc2)cc1. The Morgan fingerprint density at radius 2 is 1.05 bits per heavy atom. The maximum absolute atomic E-state index is 11.9. The minimum Gasteiger partial charge on any atom is -0.423 e. The molecule has 0 unspecified atom stereocenters. The summed E-state index contributed by atoms with van der Waals surface area (Å²) in [7, 11) is 0. The molecule has 0 aliphatic heterocycles. The Hall–Kier alpha value is -5.02. The molecule has 0 bridgehead atoms. The molecule has 4 aromatic carbocycles. The molecule has 4 rings (SSSR count). The van der Waals surface area contributed by atoms with E-state index in [4.69, 9.17) is 14.6 Å². The highest BCUT2D eigenvalue weighted by atomic mass is 16.9. The van der Waals surface area contributed by atoms with Crippen LogP contribution in [0.15, 0.2) is 97.1 Å². The molecule has 0 aliphatic carbocycles. The summed E-state index contributed by atoms with van der Waals surface area (Å²) in [5, 5.41) is 18.1. The van der Waals surface area contributed by atoms with Crippen LogP contribution in [0, 0.1) is 24.0 Å². The minimum absolute atomic E-state index is 0.0216. The highest BCUT2D eigenvalue weighted by Gasteiger charge is 2.09. The number of aliphatic hydroxyl groups excluding tert-OH is 1. The summed E-state index contributed by atoms with van der Waals surface area (Å²) in [6.45, 7) is 3.73. The quantitative estimate of drug-likeness (QED) is 0.135. The molecule has 200 valence electrons. The summed E-state index contributed by atoms with van der Waals surface area (Å²) in [4.78, 5) is 38.0. The van der Waals surface area contributed by atoms with Crippen molar-refractivity contribution in [2.24, 2.45) is 0 Å². The van der Waals surface area contributed by atoms with Crippen molar-refractivity contribution < 1.29 is 34.1 Å². The Morgan fingerprint density at radius 3 is 1.41 bits per heavy atom. The molecule has 0 spiro atoms. The number of rotatable bonds is 8. The highest BCUT2D eigenvalue weighted by Crippen LogP contribution is 2.16. The van der Waals surface area contributed by atoms with Crippen LogP contribution in [0.4, 0.5) is 0 Å². The van der Waals surface area contributed by atoms with Gasteiger partial charge in [-0.15, -0.1) is 10.1 Å². The Morgan fingerprint density at radius 1 is 0.667 bits per heavy atom. The van der Waals surface area contributed by atoms with Crippen LogP contribution in [0.1, 0.15) is 43.0 Å². The molecule has 0 aliphatic rings. The van der Waals surface area contributed by atoms with E-state index in [-0.39, 0.29) is 19.2 Å². The monoisotopic (exact) mass is 529 g/mol. The van der Waals surface area contributed by atoms with Crippen LogP contribution in [0.2, 0.25) is 0 Å². The molecule has 9 heteroatoms. The molecule has 4 aromatic rings. The summed E-state index contributed by atoms with van der Waals surface area (Å²) in [6, 6.07) is 27.3. The molecule has 1 N–H and O–H groups in total. The van der Waals surface area contributed by atoms with Gasteiger partial charge in [0.25, 0.3) is 5.09 Å². The van der Waals surface area contributed by atoms with E-state index in [0.717, 1.165) is 16.7 Å². The second kappa shape index (κ2) is 14.1. The van der Waals surface area contributed by atoms with Gasteiger partial charge in [-0.1, -0.05) is 59.7 Å². The zero-order valence-electron chi connectivity index (χ0n) is 21.4. The average molecular weight is 530 g/mol. The van der Waals surface area contributed by atoms with Gasteiger partial charge in [0.15, 0.2) is 0 Å². The number of aryl methyl sites for hydroxylation is 2. The van der Waals surface area contributed by atoms with Gasteiger partial charge in [-0.25, -0.2) is 9.59 Å². The lowest BCUT2D eigenvalue weighted by atomic mass is 10.1. The summed E-state index contributed by atoms with van der Waals surface area (Å²) >= 11 is 0. The second-order valence-corrected chi connectivity index (χ2v) is 8.45. The van der Waals surface area contributed by atoms with Crippen molar-refractivity contribution in [1.82, 2.24) is 0 Å². The first-order chi connectivity index (χ1) is 18.7. The number of aliphatic hydroxyl groups is 1. The van der Waals surface area contributed by atoms with Crippen LogP contribution in [0.5, 0.6) is 11.5 Å². The van der Waals surface area contributed by atoms with Gasteiger partial charge in [0, 0.05) is 0 Å². The van der Waals surface area contributed by atoms with E-state index in [9.17, 15) is 19.7 Å². The first kappa shape index (κ1) is 28.5. The van der Waals surface area contributed by atoms with Crippen molar-refractivity contribution in [1.29, 1.82) is 0 Å². The largest absolute Gasteiger partial charge is 0.423 e. The van der Waals surface area contributed by atoms with Crippen molar-refractivity contribution in [3.63, 3.8) is 0 Å². The second-order valence-electron chi connectivity index (χ2n) is 8.45. The minimum atomic E-state index is -0.856. The lowest BCUT2D eigenvalue weighted by Crippen LogP contribution is -2.08. The topological polar surface area (TPSA) is 125 Å². The number of benzene rings is 4. The van der Waals surface area contributed by atoms with Gasteiger partial charge in [-0.05, 0) is 73.5 Å². The number of hydrogen-bond donors (Lipinski definition) is 1. The molecule has 0 saturated carbocycles. The molecule has 0 heterocycles. The van der Waals surface area contributed by atoms with Crippen molar-refractivity contribution in [2.75, 3.05) is 0 Å². The predicted molar refractivity (Wildman–Crippen MR) is 143 cm³/mol. The van der Waals surface area contributed by atoms with E-state index < -0.39 is 11.1 Å². The van der Waals surface area contributed by atoms with Crippen LogP contribution in [0.3, 0.4) is 0 Å². The molecule has 0 saturated heterocycles. The third kappa shape index (κ3) is 9.42. The maximum atomic E-state index is 11.9. The van der Waals surface area contributed by atoms with Gasteiger partial charge >= 0.3 is 11.9 Å². The number of hydrogen-bond acceptors (Lipinski definition) is 8. The lowest BCUT2D eigenvalue weighted by Gasteiger charge is -2.05. The normalized spacial score (nSPS) is 10.0. The number of carbonyl (C=O) groups is 2. The van der Waals surface area contributed by atoms with Crippen molar-refractivity contribution in [3.05, 3.63) is 141 Å². The fourth-order valence-corrected chi connectivity index (χ4v) is 3.16. The summed E-state index contributed by atoms with van der Waals surface area (Å²) in [5.41, 5.74) is 4.53. The molecule has 0 aromatic heterocycles. The van der Waals surface area contributed by atoms with Gasteiger partial charge in [-0.3, -0.25) is 0 Å². The summed E-state index contributed by atoms with van der Waals surface area (Å²) in [6.07, 6.45) is 0. The van der Waals surface area contributed by atoms with Crippen molar-refractivity contribution >= 4 is 11.9 Å². The van der Waals surface area contributed by atoms with E-state index in [1.807, 2.05) is 38.1 Å². The molecule has 9 nitrogen and oxygen atoms in total. The molecule has 0 fully saturated rings. The first-order valence-corrected chi connectivity index (χ1v) is 11.9. The van der Waals surface area contributed by atoms with E-state index in [0.29, 0.717) is 28.2 Å². The number of ether oxygens (including phenoxy) is 2. The molecular weight excluding hydrogens is 502 g/mol. The van der Waals surface area contributed by atoms with Gasteiger partial charge in [-0.2, -0.15) is 0 Å².